The molecule has 6 heterocycles. The van der Waals surface area contributed by atoms with Crippen molar-refractivity contribution < 1.29 is 42.7 Å². The third kappa shape index (κ3) is 12.7. The van der Waals surface area contributed by atoms with Crippen LogP contribution in [0.25, 0.3) is 89.7 Å². The predicted molar refractivity (Wildman–Crippen MR) is 296 cm³/mol. The van der Waals surface area contributed by atoms with E-state index in [0.29, 0.717) is 75.2 Å². The number of rotatable bonds is 5. The monoisotopic (exact) mass is 1190 g/mol. The Labute approximate surface area is 469 Å². The summed E-state index contributed by atoms with van der Waals surface area (Å²) in [5.41, 5.74) is 4.97. The van der Waals surface area contributed by atoms with E-state index >= 15 is 0 Å². The molecule has 76 heavy (non-hydrogen) atoms. The van der Waals surface area contributed by atoms with Gasteiger partial charge in [0.25, 0.3) is 10.1 Å². The van der Waals surface area contributed by atoms with Gasteiger partial charge in [-0.25, -0.2) is 15.0 Å². The second-order valence-electron chi connectivity index (χ2n) is 15.1. The van der Waals surface area contributed by atoms with Crippen molar-refractivity contribution in [2.24, 2.45) is 0 Å². The molecule has 2 N–H and O–H groups in total. The fraction of sp³-hybridized carbons (Fsp3) is 0.180. The van der Waals surface area contributed by atoms with Gasteiger partial charge in [-0.15, -0.1) is 12.6 Å². The van der Waals surface area contributed by atoms with E-state index in [1.54, 1.807) is 11.0 Å². The van der Waals surface area contributed by atoms with E-state index in [0.717, 1.165) is 33.0 Å². The van der Waals surface area contributed by atoms with Crippen LogP contribution >= 0.6 is 46.4 Å². The quantitative estimate of drug-likeness (QED) is 0.0702. The van der Waals surface area contributed by atoms with Crippen molar-refractivity contribution in [3.8, 4) is 45.6 Å². The van der Waals surface area contributed by atoms with Gasteiger partial charge in [-0.1, -0.05) is 167 Å². The first-order valence-corrected chi connectivity index (χ1v) is 26.3. The molecule has 0 spiro atoms. The molecule has 8 bridgehead atoms. The molecular formula is C50H45Cl4CuN13O6S2. The summed E-state index contributed by atoms with van der Waals surface area (Å²) in [7, 11) is -3.73. The maximum atomic E-state index is 11.2. The summed E-state index contributed by atoms with van der Waals surface area (Å²) >= 11 is 26.6. The minimum atomic E-state index is -4.25. The Bertz CT molecular complexity index is 4040. The van der Waals surface area contributed by atoms with Crippen LogP contribution in [0, 0.1) is 0 Å². The maximum absolute atomic E-state index is 11.2. The fourth-order valence-corrected chi connectivity index (χ4v) is 8.85. The molecule has 0 saturated heterocycles. The molecule has 1 radical (unpaired) electrons. The number of aryl methyl sites for hydroxylation is 1. The van der Waals surface area contributed by atoms with Gasteiger partial charge in [-0.2, -0.15) is 23.4 Å². The van der Waals surface area contributed by atoms with Crippen molar-refractivity contribution in [2.45, 2.75) is 53.4 Å². The topological polar surface area (TPSA) is 265 Å². The molecule has 19 nitrogen and oxygen atoms in total. The second-order valence-corrected chi connectivity index (χ2v) is 18.4. The first kappa shape index (κ1) is 60.1. The second kappa shape index (κ2) is 25.9. The first-order chi connectivity index (χ1) is 35.5. The molecule has 397 valence electrons. The molecule has 0 aliphatic carbocycles. The van der Waals surface area contributed by atoms with E-state index in [4.69, 9.17) is 103 Å². The molecule has 4 aromatic heterocycles. The predicted octanol–water partition coefficient (Wildman–Crippen LogP) is 11.9. The Balaban J connectivity index is 0.000000283. The average molecular weight is 1190 g/mol. The zero-order chi connectivity index (χ0) is 53.6. The van der Waals surface area contributed by atoms with Crippen LogP contribution < -0.4 is 20.2 Å². The summed E-state index contributed by atoms with van der Waals surface area (Å²) in [6.07, 6.45) is 0.642. The van der Waals surface area contributed by atoms with Gasteiger partial charge in [-0.3, -0.25) is 4.55 Å². The third-order valence-electron chi connectivity index (χ3n) is 10.4. The number of hydrogen-bond acceptors (Lipinski definition) is 16. The zero-order valence-electron chi connectivity index (χ0n) is 40.4. The number of hydrogen-bond donors (Lipinski definition) is 2. The van der Waals surface area contributed by atoms with Crippen LogP contribution in [0.15, 0.2) is 102 Å². The largest absolute Gasteiger partial charge is 2.00 e. The SMILES string of the molecule is C.CC.CC.CCc1nc(Nc2cccc(S(=O)(=O)O)c2)nc(N(C)C)n1.Clc1c(Cl)c(Cl)c2c3nc4[n-]c(nc5nc(nc6nc(nc([n-]3)c2c1Cl)-c1ccccc1-6)-c1ccccc1-5)c1ccccc41.O=S(=O)=O.[Cu+2]. The van der Waals surface area contributed by atoms with Crippen molar-refractivity contribution in [1.82, 2.24) is 54.8 Å². The molecular weight excluding hydrogens is 1150 g/mol. The number of benzene rings is 5. The molecule has 0 atom stereocenters. The number of aromatic nitrogens is 11. The zero-order valence-corrected chi connectivity index (χ0v) is 46.0. The van der Waals surface area contributed by atoms with E-state index in [1.807, 2.05) is 122 Å². The number of anilines is 3. The number of halogens is 4. The average Bonchev–Trinajstić information content (AvgIpc) is 4.14. The van der Waals surface area contributed by atoms with Gasteiger partial charge in [-0.05, 0) is 29.0 Å². The van der Waals surface area contributed by atoms with Gasteiger partial charge in [0.2, 0.25) is 11.9 Å². The summed E-state index contributed by atoms with van der Waals surface area (Å²) in [6, 6.07) is 28.9. The molecule has 2 aliphatic heterocycles. The molecule has 0 amide bonds. The minimum absolute atomic E-state index is 0. The summed E-state index contributed by atoms with van der Waals surface area (Å²) in [4.78, 5) is 53.2. The van der Waals surface area contributed by atoms with Gasteiger partial charge < -0.3 is 35.1 Å². The Morgan fingerprint density at radius 1 is 0.566 bits per heavy atom. The molecule has 11 rings (SSSR count). The van der Waals surface area contributed by atoms with E-state index < -0.39 is 20.7 Å². The van der Waals surface area contributed by atoms with Crippen LogP contribution in [0.2, 0.25) is 20.1 Å². The number of nitrogens with zero attached hydrogens (tertiary/aromatic N) is 12. The van der Waals surface area contributed by atoms with E-state index in [9.17, 15) is 8.42 Å². The minimum Gasteiger partial charge on any atom is -0.357 e. The molecule has 0 saturated carbocycles. The number of fused-ring (bicyclic) bond motifs is 20. The molecule has 0 unspecified atom stereocenters. The Morgan fingerprint density at radius 2 is 0.974 bits per heavy atom. The Hall–Kier alpha value is -6.72. The summed E-state index contributed by atoms with van der Waals surface area (Å²) in [6.45, 7) is 9.93. The summed E-state index contributed by atoms with van der Waals surface area (Å²) in [5, 5.41) is 5.75. The maximum Gasteiger partial charge on any atom is 2.00 e. The van der Waals surface area contributed by atoms with E-state index in [2.05, 4.69) is 20.3 Å². The fourth-order valence-electron chi connectivity index (χ4n) is 7.30. The standard InChI is InChI=1S/C32H12Cl4N8.C13H17N5O3S.2C2H6.CH4.Cu.O3S/c33-21-19-20(22(34)24(36)23(21)35)32-43-30-18-12-6-4-10-16(18)28(41-30)39-26-14-8-2-1-7-13(14)25(37-26)38-27-15-9-3-5-11-17(15)29(40-27)42-31(19)44-32;1-4-11-15-12(17-13(16-11)18(2)3)14-9-6-5-7-10(8-9)22(19,20)21;2*1-2;;;1-4(2)3/h1-12H;5-8H,4H2,1-3H3,(H,19,20,21)(H,14,15,16,17);2*1-2H3;1H4;;/q-2;;;;;+2;. The summed E-state index contributed by atoms with van der Waals surface area (Å²) < 4.78 is 56.7. The molecule has 0 fully saturated rings. The number of nitrogens with one attached hydrogen (secondary N) is 1. The van der Waals surface area contributed by atoms with E-state index in [1.165, 1.54) is 18.2 Å². The smallest absolute Gasteiger partial charge is 0.357 e. The van der Waals surface area contributed by atoms with Crippen molar-refractivity contribution in [3.05, 3.63) is 123 Å². The van der Waals surface area contributed by atoms with Crippen LogP contribution in [-0.2, 0) is 44.2 Å². The summed E-state index contributed by atoms with van der Waals surface area (Å²) in [5.74, 6) is 3.23. The Kier molecular flexibility index (Phi) is 20.5. The van der Waals surface area contributed by atoms with Gasteiger partial charge >= 0.3 is 27.7 Å². The van der Waals surface area contributed by atoms with Crippen molar-refractivity contribution in [1.29, 1.82) is 0 Å². The molecule has 5 aromatic carbocycles. The Morgan fingerprint density at radius 3 is 1.42 bits per heavy atom. The van der Waals surface area contributed by atoms with Gasteiger partial charge in [0.05, 0.1) is 36.6 Å². The van der Waals surface area contributed by atoms with Crippen LogP contribution in [0.1, 0.15) is 47.9 Å². The van der Waals surface area contributed by atoms with Crippen LogP contribution in [-0.4, -0.2) is 84.5 Å². The third-order valence-corrected chi connectivity index (χ3v) is 13.1. The first-order valence-electron chi connectivity index (χ1n) is 22.4. The van der Waals surface area contributed by atoms with Gasteiger partial charge in [0.15, 0.2) is 11.6 Å². The van der Waals surface area contributed by atoms with E-state index in [-0.39, 0.29) is 60.8 Å². The molecule has 2 aliphatic rings. The van der Waals surface area contributed by atoms with Crippen LogP contribution in [0.4, 0.5) is 17.6 Å². The molecule has 9 aromatic rings. The normalized spacial score (nSPS) is 10.7. The van der Waals surface area contributed by atoms with Crippen LogP contribution in [0.5, 0.6) is 0 Å². The van der Waals surface area contributed by atoms with Crippen molar-refractivity contribution >= 4 is 129 Å². The van der Waals surface area contributed by atoms with Crippen molar-refractivity contribution in [2.75, 3.05) is 24.3 Å². The van der Waals surface area contributed by atoms with Crippen LogP contribution in [0.3, 0.4) is 0 Å². The van der Waals surface area contributed by atoms with Gasteiger partial charge in [0.1, 0.15) is 5.82 Å². The van der Waals surface area contributed by atoms with Crippen molar-refractivity contribution in [3.63, 3.8) is 0 Å². The van der Waals surface area contributed by atoms with Gasteiger partial charge in [0, 0.05) is 81.8 Å². The molecule has 26 heteroatoms.